The quantitative estimate of drug-likeness (QED) is 0.171. The van der Waals surface area contributed by atoms with Gasteiger partial charge in [0, 0.05) is 37.1 Å². The number of hydrogen-bond acceptors (Lipinski definition) is 9. The normalized spacial score (nSPS) is 12.9. The lowest BCUT2D eigenvalue weighted by Crippen LogP contribution is -2.46. The van der Waals surface area contributed by atoms with E-state index in [1.807, 2.05) is 0 Å². The van der Waals surface area contributed by atoms with Crippen molar-refractivity contribution >= 4 is 36.5 Å². The number of rotatable bonds is 19. The number of hydrogen-bond donors (Lipinski definition) is 3. The number of aliphatic hydroxyl groups is 1. The Morgan fingerprint density at radius 3 is 2.21 bits per heavy atom. The summed E-state index contributed by atoms with van der Waals surface area (Å²) in [4.78, 5) is 56.8. The molecule has 2 amide bonds. The van der Waals surface area contributed by atoms with Crippen LogP contribution < -0.4 is 20.4 Å². The highest BCUT2D eigenvalue weighted by Crippen LogP contribution is 2.31. The number of phosphoric ester groups is 1. The van der Waals surface area contributed by atoms with E-state index in [0.717, 1.165) is 19.3 Å². The van der Waals surface area contributed by atoms with Crippen molar-refractivity contribution in [3.05, 3.63) is 0 Å². The molecule has 10 nitrogen and oxygen atoms in total. The zero-order chi connectivity index (χ0) is 25.3. The van der Waals surface area contributed by atoms with Crippen molar-refractivity contribution in [3.8, 4) is 0 Å². The minimum absolute atomic E-state index is 0.0254. The maximum atomic E-state index is 12.0. The summed E-state index contributed by atoms with van der Waals surface area (Å²) >= 11 is 1.20. The number of nitrogens with one attached hydrogen (secondary N) is 2. The number of carbonyl (C=O) groups is 3. The summed E-state index contributed by atoms with van der Waals surface area (Å²) in [5.41, 5.74) is -1.32. The number of amides is 2. The Bertz CT molecular complexity index is 642. The van der Waals surface area contributed by atoms with Gasteiger partial charge in [-0.1, -0.05) is 71.1 Å². The van der Waals surface area contributed by atoms with Gasteiger partial charge in [-0.15, -0.1) is 0 Å². The molecule has 0 aromatic carbocycles. The molecule has 0 aliphatic heterocycles. The first-order chi connectivity index (χ1) is 15.4. The molecule has 0 unspecified atom stereocenters. The number of aliphatic hydroxyl groups excluding tert-OH is 1. The van der Waals surface area contributed by atoms with Gasteiger partial charge < -0.3 is 34.6 Å². The summed E-state index contributed by atoms with van der Waals surface area (Å²) in [6, 6.07) is 0. The van der Waals surface area contributed by atoms with Crippen LogP contribution >= 0.6 is 19.6 Å². The first-order valence-corrected chi connectivity index (χ1v) is 13.9. The smallest absolute Gasteiger partial charge is 0.249 e. The molecule has 3 N–H and O–H groups in total. The van der Waals surface area contributed by atoms with Crippen LogP contribution in [-0.4, -0.2) is 53.6 Å². The molecular weight excluding hydrogens is 471 g/mol. The van der Waals surface area contributed by atoms with Gasteiger partial charge in [0.15, 0.2) is 5.12 Å². The lowest BCUT2D eigenvalue weighted by Gasteiger charge is -2.35. The molecule has 0 aliphatic rings. The zero-order valence-corrected chi connectivity index (χ0v) is 21.6. The summed E-state index contributed by atoms with van der Waals surface area (Å²) in [6.45, 7) is 4.56. The fourth-order valence-electron chi connectivity index (χ4n) is 2.82. The standard InChI is InChI=1S/C21H41N2O8PS/c1-4-5-6-7-8-9-10-11-18(25)33-15-14-22-17(24)12-13-23-20(27)19(26)21(2,3)16-31-32(28,29)30/h19,26H,4-16H2,1-3H3,(H,22,24)(H,23,27)(H2,28,29,30)/p-2/t19-/m0/s1. The van der Waals surface area contributed by atoms with E-state index < -0.39 is 31.9 Å². The van der Waals surface area contributed by atoms with E-state index >= 15 is 0 Å². The summed E-state index contributed by atoms with van der Waals surface area (Å²) in [5, 5.41) is 15.2. The van der Waals surface area contributed by atoms with Gasteiger partial charge in [-0.05, 0) is 6.42 Å². The second kappa shape index (κ2) is 17.5. The van der Waals surface area contributed by atoms with E-state index in [1.165, 1.54) is 51.3 Å². The molecule has 0 rings (SSSR count). The van der Waals surface area contributed by atoms with Gasteiger partial charge in [-0.2, -0.15) is 0 Å². The largest absolute Gasteiger partial charge is 0.790 e. The van der Waals surface area contributed by atoms with Crippen LogP contribution in [0.3, 0.4) is 0 Å². The van der Waals surface area contributed by atoms with E-state index in [-0.39, 0.29) is 24.0 Å². The monoisotopic (exact) mass is 510 g/mol. The van der Waals surface area contributed by atoms with Crippen LogP contribution in [0.15, 0.2) is 0 Å². The van der Waals surface area contributed by atoms with Gasteiger partial charge in [-0.25, -0.2) is 0 Å². The third-order valence-electron chi connectivity index (χ3n) is 4.91. The predicted molar refractivity (Wildman–Crippen MR) is 124 cm³/mol. The first kappa shape index (κ1) is 32.0. The van der Waals surface area contributed by atoms with Crippen LogP contribution in [0.4, 0.5) is 0 Å². The minimum atomic E-state index is -5.22. The Kier molecular flexibility index (Phi) is 16.9. The average molecular weight is 511 g/mol. The molecule has 33 heavy (non-hydrogen) atoms. The second-order valence-corrected chi connectivity index (χ2v) is 10.9. The van der Waals surface area contributed by atoms with Crippen LogP contribution in [-0.2, 0) is 23.5 Å². The Hall–Kier alpha value is -0.970. The van der Waals surface area contributed by atoms with Gasteiger partial charge >= 0.3 is 0 Å². The van der Waals surface area contributed by atoms with E-state index in [4.69, 9.17) is 0 Å². The minimum Gasteiger partial charge on any atom is -0.790 e. The first-order valence-electron chi connectivity index (χ1n) is 11.4. The maximum absolute atomic E-state index is 12.0. The third-order valence-corrected chi connectivity index (χ3v) is 6.29. The topological polar surface area (TPSA) is 168 Å². The zero-order valence-electron chi connectivity index (χ0n) is 19.9. The van der Waals surface area contributed by atoms with Crippen molar-refractivity contribution in [2.45, 2.75) is 84.7 Å². The van der Waals surface area contributed by atoms with Gasteiger partial charge in [-0.3, -0.25) is 14.4 Å². The SMILES string of the molecule is CCCCCCCCCC(=O)SCCNC(=O)CCNC(=O)[C@H](O)C(C)(C)COP(=O)([O-])[O-]. The third kappa shape index (κ3) is 18.1. The van der Waals surface area contributed by atoms with E-state index in [2.05, 4.69) is 22.1 Å². The Morgan fingerprint density at radius 1 is 1.00 bits per heavy atom. The lowest BCUT2D eigenvalue weighted by molar-refractivity contribution is -0.343. The molecule has 0 radical (unpaired) electrons. The van der Waals surface area contributed by atoms with Crippen LogP contribution in [0.1, 0.15) is 78.6 Å². The predicted octanol–water partition coefficient (Wildman–Crippen LogP) is 1.24. The highest BCUT2D eigenvalue weighted by Gasteiger charge is 2.34. The van der Waals surface area contributed by atoms with Gasteiger partial charge in [0.1, 0.15) is 6.10 Å². The maximum Gasteiger partial charge on any atom is 0.249 e. The Balaban J connectivity index is 3.87. The molecule has 0 heterocycles. The summed E-state index contributed by atoms with van der Waals surface area (Å²) in [5.74, 6) is -0.649. The molecule has 0 aromatic heterocycles. The molecule has 0 aromatic rings. The Labute approximate surface area is 201 Å². The molecule has 0 aliphatic carbocycles. The highest BCUT2D eigenvalue weighted by atomic mass is 32.2. The fourth-order valence-corrected chi connectivity index (χ4v) is 4.03. The van der Waals surface area contributed by atoms with Crippen molar-refractivity contribution in [3.63, 3.8) is 0 Å². The number of carbonyl (C=O) groups excluding carboxylic acids is 3. The van der Waals surface area contributed by atoms with E-state index in [9.17, 15) is 33.8 Å². The molecule has 12 heteroatoms. The van der Waals surface area contributed by atoms with Crippen molar-refractivity contribution in [2.75, 3.05) is 25.4 Å². The molecule has 194 valence electrons. The van der Waals surface area contributed by atoms with Crippen molar-refractivity contribution in [1.82, 2.24) is 10.6 Å². The molecular formula is C21H39N2O8PS-2. The molecule has 0 saturated heterocycles. The second-order valence-electron chi connectivity index (χ2n) is 8.59. The summed E-state index contributed by atoms with van der Waals surface area (Å²) < 4.78 is 14.7. The van der Waals surface area contributed by atoms with Gasteiger partial charge in [0.25, 0.3) is 0 Å². The summed E-state index contributed by atoms with van der Waals surface area (Å²) in [7, 11) is -5.22. The van der Waals surface area contributed by atoms with Crippen molar-refractivity contribution in [2.24, 2.45) is 5.41 Å². The number of phosphoric acid groups is 1. The van der Waals surface area contributed by atoms with Crippen LogP contribution in [0.5, 0.6) is 0 Å². The van der Waals surface area contributed by atoms with Crippen LogP contribution in [0, 0.1) is 5.41 Å². The molecule has 0 spiro atoms. The van der Waals surface area contributed by atoms with Gasteiger partial charge in [0.05, 0.1) is 14.4 Å². The molecule has 0 fully saturated rings. The number of unbranched alkanes of at least 4 members (excludes halogenated alkanes) is 6. The Morgan fingerprint density at radius 2 is 1.61 bits per heavy atom. The number of thioether (sulfide) groups is 1. The molecule has 0 saturated carbocycles. The molecule has 1 atom stereocenters. The highest BCUT2D eigenvalue weighted by molar-refractivity contribution is 8.13. The summed E-state index contributed by atoms with van der Waals surface area (Å²) in [6.07, 6.45) is 6.97. The van der Waals surface area contributed by atoms with Crippen LogP contribution in [0.25, 0.3) is 0 Å². The van der Waals surface area contributed by atoms with Crippen LogP contribution in [0.2, 0.25) is 0 Å². The van der Waals surface area contributed by atoms with Gasteiger partial charge in [0.2, 0.25) is 11.8 Å². The van der Waals surface area contributed by atoms with E-state index in [1.54, 1.807) is 0 Å². The van der Waals surface area contributed by atoms with Crippen molar-refractivity contribution < 1.29 is 38.4 Å². The fraction of sp³-hybridized carbons (Fsp3) is 0.857. The average Bonchev–Trinajstić information content (AvgIpc) is 2.73. The van der Waals surface area contributed by atoms with E-state index in [0.29, 0.717) is 18.7 Å². The molecule has 0 bridgehead atoms. The van der Waals surface area contributed by atoms with Crippen molar-refractivity contribution in [1.29, 1.82) is 0 Å². The lowest BCUT2D eigenvalue weighted by atomic mass is 9.87.